The van der Waals surface area contributed by atoms with Gasteiger partial charge in [0.1, 0.15) is 0 Å². The molecule has 0 aliphatic carbocycles. The molecule has 1 nitrogen and oxygen atoms in total. The smallest absolute Gasteiger partial charge is 0.00109 e. The summed E-state index contributed by atoms with van der Waals surface area (Å²) >= 11 is 2.19. The van der Waals surface area contributed by atoms with Crippen LogP contribution in [-0.4, -0.2) is 36.0 Å². The zero-order chi connectivity index (χ0) is 16.4. The lowest BCUT2D eigenvalue weighted by Crippen LogP contribution is -2.20. The van der Waals surface area contributed by atoms with E-state index >= 15 is 0 Å². The van der Waals surface area contributed by atoms with Gasteiger partial charge < -0.3 is 4.90 Å². The minimum atomic E-state index is 1.35. The third-order valence-electron chi connectivity index (χ3n) is 5.10. The van der Waals surface area contributed by atoms with E-state index in [-0.39, 0.29) is 0 Å². The van der Waals surface area contributed by atoms with E-state index < -0.39 is 0 Å². The van der Waals surface area contributed by atoms with Crippen molar-refractivity contribution in [1.29, 1.82) is 0 Å². The Morgan fingerprint density at radius 3 is 1.65 bits per heavy atom. The number of hydrogen-bond donors (Lipinski definition) is 0. The van der Waals surface area contributed by atoms with Gasteiger partial charge in [-0.2, -0.15) is 11.8 Å². The molecule has 0 amide bonds. The highest BCUT2D eigenvalue weighted by Gasteiger charge is 2.09. The molecule has 0 saturated carbocycles. The van der Waals surface area contributed by atoms with E-state index in [4.69, 9.17) is 0 Å². The number of rotatable bonds is 17. The van der Waals surface area contributed by atoms with Crippen molar-refractivity contribution in [3.63, 3.8) is 0 Å². The summed E-state index contributed by atoms with van der Waals surface area (Å²) in [4.78, 5) is 2.64. The van der Waals surface area contributed by atoms with Crippen LogP contribution in [0.5, 0.6) is 0 Å². The van der Waals surface area contributed by atoms with Crippen LogP contribution in [0.25, 0.3) is 0 Å². The minimum absolute atomic E-state index is 1.35. The second kappa shape index (κ2) is 17.1. The van der Waals surface area contributed by atoms with Crippen molar-refractivity contribution in [3.8, 4) is 0 Å². The van der Waals surface area contributed by atoms with Gasteiger partial charge in [0.2, 0.25) is 0 Å². The highest BCUT2D eigenvalue weighted by atomic mass is 32.2. The van der Waals surface area contributed by atoms with Crippen LogP contribution in [0.2, 0.25) is 0 Å². The molecular weight excluding hydrogens is 298 g/mol. The van der Waals surface area contributed by atoms with Gasteiger partial charge in [-0.1, -0.05) is 77.6 Å². The maximum absolute atomic E-state index is 2.64. The Bertz CT molecular complexity index is 226. The third kappa shape index (κ3) is 14.4. The number of nitrogens with zero attached hydrogens (tertiary/aromatic N) is 1. The molecule has 2 heteroatoms. The van der Waals surface area contributed by atoms with Crippen LogP contribution in [0, 0.1) is 0 Å². The molecule has 0 spiro atoms. The summed E-state index contributed by atoms with van der Waals surface area (Å²) in [7, 11) is 0. The fourth-order valence-corrected chi connectivity index (χ4v) is 4.49. The van der Waals surface area contributed by atoms with Crippen LogP contribution in [0.4, 0.5) is 0 Å². The molecule has 1 saturated heterocycles. The van der Waals surface area contributed by atoms with Gasteiger partial charge >= 0.3 is 0 Å². The second-order valence-corrected chi connectivity index (χ2v) is 8.63. The molecule has 0 aromatic carbocycles. The van der Waals surface area contributed by atoms with Crippen LogP contribution in [0.3, 0.4) is 0 Å². The zero-order valence-electron chi connectivity index (χ0n) is 16.0. The first-order valence-electron chi connectivity index (χ1n) is 10.7. The van der Waals surface area contributed by atoms with Gasteiger partial charge in [-0.3, -0.25) is 0 Å². The molecule has 1 rings (SSSR count). The lowest BCUT2D eigenvalue weighted by molar-refractivity contribution is 0.341. The van der Waals surface area contributed by atoms with Gasteiger partial charge in [0.15, 0.2) is 0 Å². The molecule has 1 aliphatic heterocycles. The Kier molecular flexibility index (Phi) is 15.9. The van der Waals surface area contributed by atoms with E-state index in [1.807, 2.05) is 0 Å². The predicted molar refractivity (Wildman–Crippen MR) is 109 cm³/mol. The molecule has 1 aliphatic rings. The van der Waals surface area contributed by atoms with Crippen molar-refractivity contribution >= 4 is 11.8 Å². The molecule has 0 radical (unpaired) electrons. The van der Waals surface area contributed by atoms with Crippen LogP contribution in [-0.2, 0) is 0 Å². The van der Waals surface area contributed by atoms with Crippen molar-refractivity contribution in [2.75, 3.05) is 31.1 Å². The standard InChI is InChI=1S/C21H43NS/c1-2-3-4-5-6-7-8-9-10-11-12-15-20-23-21-16-19-22-17-13-14-18-22/h2-21H2,1H3. The molecule has 138 valence electrons. The number of hydrogen-bond acceptors (Lipinski definition) is 2. The summed E-state index contributed by atoms with van der Waals surface area (Å²) in [5.41, 5.74) is 0. The molecule has 0 atom stereocenters. The van der Waals surface area contributed by atoms with Gasteiger partial charge in [-0.05, 0) is 56.8 Å². The molecule has 1 heterocycles. The first kappa shape index (κ1) is 21.4. The van der Waals surface area contributed by atoms with E-state index in [2.05, 4.69) is 23.6 Å². The first-order valence-corrected chi connectivity index (χ1v) is 11.9. The molecular formula is C21H43NS. The second-order valence-electron chi connectivity index (χ2n) is 7.40. The fraction of sp³-hybridized carbons (Fsp3) is 1.00. The lowest BCUT2D eigenvalue weighted by Gasteiger charge is -2.13. The summed E-state index contributed by atoms with van der Waals surface area (Å²) in [5.74, 6) is 2.78. The van der Waals surface area contributed by atoms with Crippen molar-refractivity contribution in [2.24, 2.45) is 0 Å². The van der Waals surface area contributed by atoms with Gasteiger partial charge in [0.05, 0.1) is 0 Å². The van der Waals surface area contributed by atoms with Crippen LogP contribution in [0.15, 0.2) is 0 Å². The molecule has 0 bridgehead atoms. The maximum Gasteiger partial charge on any atom is -0.00109 e. The lowest BCUT2D eigenvalue weighted by atomic mass is 10.1. The molecule has 23 heavy (non-hydrogen) atoms. The highest BCUT2D eigenvalue weighted by molar-refractivity contribution is 7.99. The SMILES string of the molecule is CCCCCCCCCCCCCCSCCCN1CCCC1. The van der Waals surface area contributed by atoms with E-state index in [1.165, 1.54) is 127 Å². The van der Waals surface area contributed by atoms with Crippen LogP contribution in [0.1, 0.15) is 103 Å². The largest absolute Gasteiger partial charge is 0.303 e. The van der Waals surface area contributed by atoms with Crippen molar-refractivity contribution in [2.45, 2.75) is 103 Å². The summed E-state index contributed by atoms with van der Waals surface area (Å²) in [6.45, 7) is 6.38. The Balaban J connectivity index is 1.64. The van der Waals surface area contributed by atoms with Gasteiger partial charge in [0, 0.05) is 0 Å². The molecule has 0 unspecified atom stereocenters. The van der Waals surface area contributed by atoms with E-state index in [0.717, 1.165) is 0 Å². The Morgan fingerprint density at radius 1 is 0.609 bits per heavy atom. The van der Waals surface area contributed by atoms with Gasteiger partial charge in [0.25, 0.3) is 0 Å². The van der Waals surface area contributed by atoms with E-state index in [9.17, 15) is 0 Å². The topological polar surface area (TPSA) is 3.24 Å². The number of likely N-dealkylation sites (tertiary alicyclic amines) is 1. The number of thioether (sulfide) groups is 1. The fourth-order valence-electron chi connectivity index (χ4n) is 3.54. The van der Waals surface area contributed by atoms with Crippen molar-refractivity contribution in [1.82, 2.24) is 4.90 Å². The summed E-state index contributed by atoms with van der Waals surface area (Å²) in [5, 5.41) is 0. The first-order chi connectivity index (χ1) is 11.4. The average molecular weight is 342 g/mol. The third-order valence-corrected chi connectivity index (χ3v) is 6.26. The van der Waals surface area contributed by atoms with Crippen molar-refractivity contribution < 1.29 is 0 Å². The minimum Gasteiger partial charge on any atom is -0.303 e. The number of unbranched alkanes of at least 4 members (excludes halogenated alkanes) is 11. The Hall–Kier alpha value is 0.310. The summed E-state index contributed by atoms with van der Waals surface area (Å²) in [6, 6.07) is 0. The monoisotopic (exact) mass is 341 g/mol. The molecule has 0 N–H and O–H groups in total. The normalized spacial score (nSPS) is 15.5. The van der Waals surface area contributed by atoms with Crippen molar-refractivity contribution in [3.05, 3.63) is 0 Å². The van der Waals surface area contributed by atoms with Gasteiger partial charge in [-0.15, -0.1) is 0 Å². The Morgan fingerprint density at radius 2 is 1.09 bits per heavy atom. The molecule has 0 aromatic heterocycles. The van der Waals surface area contributed by atoms with E-state index in [1.54, 1.807) is 0 Å². The van der Waals surface area contributed by atoms with Crippen LogP contribution < -0.4 is 0 Å². The Labute approximate surface area is 151 Å². The molecule has 1 fully saturated rings. The summed E-state index contributed by atoms with van der Waals surface area (Å²) < 4.78 is 0. The van der Waals surface area contributed by atoms with E-state index in [0.29, 0.717) is 0 Å². The summed E-state index contributed by atoms with van der Waals surface area (Å²) in [6.07, 6.45) is 21.8. The zero-order valence-corrected chi connectivity index (χ0v) is 16.8. The predicted octanol–water partition coefficient (Wildman–Crippen LogP) is 6.91. The van der Waals surface area contributed by atoms with Gasteiger partial charge in [-0.25, -0.2) is 0 Å². The maximum atomic E-state index is 2.64. The van der Waals surface area contributed by atoms with Crippen LogP contribution >= 0.6 is 11.8 Å². The molecule has 0 aromatic rings. The quantitative estimate of drug-likeness (QED) is 0.264. The highest BCUT2D eigenvalue weighted by Crippen LogP contribution is 2.14. The average Bonchev–Trinajstić information content (AvgIpc) is 3.08.